The number of nitrogens with zero attached hydrogens (tertiary/aromatic N) is 1. The number of rotatable bonds is 10. The first kappa shape index (κ1) is 22.5. The summed E-state index contributed by atoms with van der Waals surface area (Å²) in [4.78, 5) is 27.0. The summed E-state index contributed by atoms with van der Waals surface area (Å²) in [6.45, 7) is 8.78. The van der Waals surface area contributed by atoms with Gasteiger partial charge in [0.1, 0.15) is 11.8 Å². The van der Waals surface area contributed by atoms with Gasteiger partial charge < -0.3 is 15.0 Å². The Morgan fingerprint density at radius 1 is 1.07 bits per heavy atom. The van der Waals surface area contributed by atoms with E-state index in [-0.39, 0.29) is 18.4 Å². The fourth-order valence-electron chi connectivity index (χ4n) is 3.00. The van der Waals surface area contributed by atoms with Crippen LogP contribution in [0.4, 0.5) is 0 Å². The summed E-state index contributed by atoms with van der Waals surface area (Å²) in [5.41, 5.74) is 3.42. The summed E-state index contributed by atoms with van der Waals surface area (Å²) < 4.78 is 5.72. The third-order valence-electron chi connectivity index (χ3n) is 5.04. The topological polar surface area (TPSA) is 58.6 Å². The van der Waals surface area contributed by atoms with Gasteiger partial charge in [-0.25, -0.2) is 0 Å². The molecule has 0 aliphatic rings. The van der Waals surface area contributed by atoms with Crippen LogP contribution in [0.5, 0.6) is 5.75 Å². The number of carbonyl (C=O) groups excluding carboxylic acids is 2. The van der Waals surface area contributed by atoms with Gasteiger partial charge in [-0.1, -0.05) is 43.3 Å². The molecule has 0 aromatic heterocycles. The van der Waals surface area contributed by atoms with Crippen molar-refractivity contribution < 1.29 is 14.3 Å². The van der Waals surface area contributed by atoms with E-state index in [1.54, 1.807) is 11.8 Å². The summed E-state index contributed by atoms with van der Waals surface area (Å²) in [5.74, 6) is 0.324. The Labute approximate surface area is 174 Å². The number of hydrogen-bond donors (Lipinski definition) is 1. The van der Waals surface area contributed by atoms with Gasteiger partial charge in [0.25, 0.3) is 5.91 Å². The molecule has 0 radical (unpaired) electrons. The normalized spacial score (nSPS) is 11.6. The van der Waals surface area contributed by atoms with Gasteiger partial charge in [-0.15, -0.1) is 0 Å². The monoisotopic (exact) mass is 396 g/mol. The number of carbonyl (C=O) groups is 2. The summed E-state index contributed by atoms with van der Waals surface area (Å²) in [7, 11) is 0. The molecule has 0 heterocycles. The molecule has 0 saturated heterocycles. The lowest BCUT2D eigenvalue weighted by atomic mass is 10.1. The molecule has 2 amide bonds. The van der Waals surface area contributed by atoms with Gasteiger partial charge in [-0.3, -0.25) is 9.59 Å². The van der Waals surface area contributed by atoms with Crippen LogP contribution in [0.3, 0.4) is 0 Å². The van der Waals surface area contributed by atoms with Crippen molar-refractivity contribution in [3.8, 4) is 5.75 Å². The van der Waals surface area contributed by atoms with Crippen LogP contribution in [0.2, 0.25) is 0 Å². The first-order valence-electron chi connectivity index (χ1n) is 10.2. The SMILES string of the molecule is CCCNC(=O)[C@@H](C)N(CCc1ccccc1)C(=O)COc1ccc(C)c(C)c1. The van der Waals surface area contributed by atoms with E-state index in [4.69, 9.17) is 4.74 Å². The lowest BCUT2D eigenvalue weighted by Gasteiger charge is -2.28. The quantitative estimate of drug-likeness (QED) is 0.667. The second-order valence-corrected chi connectivity index (χ2v) is 7.32. The van der Waals surface area contributed by atoms with Crippen LogP contribution < -0.4 is 10.1 Å². The molecule has 5 heteroatoms. The van der Waals surface area contributed by atoms with Gasteiger partial charge in [0.05, 0.1) is 0 Å². The molecule has 5 nitrogen and oxygen atoms in total. The van der Waals surface area contributed by atoms with E-state index in [9.17, 15) is 9.59 Å². The van der Waals surface area contributed by atoms with E-state index >= 15 is 0 Å². The predicted molar refractivity (Wildman–Crippen MR) is 116 cm³/mol. The molecule has 0 unspecified atom stereocenters. The van der Waals surface area contributed by atoms with Crippen molar-refractivity contribution >= 4 is 11.8 Å². The number of hydrogen-bond acceptors (Lipinski definition) is 3. The zero-order chi connectivity index (χ0) is 21.2. The Hall–Kier alpha value is -2.82. The van der Waals surface area contributed by atoms with Gasteiger partial charge in [-0.05, 0) is 62.4 Å². The van der Waals surface area contributed by atoms with Gasteiger partial charge in [-0.2, -0.15) is 0 Å². The van der Waals surface area contributed by atoms with Gasteiger partial charge >= 0.3 is 0 Å². The summed E-state index contributed by atoms with van der Waals surface area (Å²) in [6.07, 6.45) is 1.54. The van der Waals surface area contributed by atoms with Crippen LogP contribution in [-0.2, 0) is 16.0 Å². The molecule has 1 atom stereocenters. The van der Waals surface area contributed by atoms with Crippen LogP contribution in [0.15, 0.2) is 48.5 Å². The van der Waals surface area contributed by atoms with Crippen molar-refractivity contribution in [1.29, 1.82) is 0 Å². The van der Waals surface area contributed by atoms with Crippen molar-refractivity contribution in [1.82, 2.24) is 10.2 Å². The molecular weight excluding hydrogens is 364 g/mol. The van der Waals surface area contributed by atoms with Crippen molar-refractivity contribution in [2.24, 2.45) is 0 Å². The number of nitrogens with one attached hydrogen (secondary N) is 1. The van der Waals surface area contributed by atoms with Gasteiger partial charge in [0, 0.05) is 13.1 Å². The molecule has 2 aromatic carbocycles. The van der Waals surface area contributed by atoms with Gasteiger partial charge in [0.2, 0.25) is 5.91 Å². The molecule has 0 bridgehead atoms. The minimum Gasteiger partial charge on any atom is -0.484 e. The molecule has 2 rings (SSSR count). The Kier molecular flexibility index (Phi) is 8.71. The molecule has 0 fully saturated rings. The average Bonchev–Trinajstić information content (AvgIpc) is 2.73. The molecule has 2 aromatic rings. The van der Waals surface area contributed by atoms with E-state index in [1.807, 2.05) is 69.3 Å². The molecule has 0 saturated carbocycles. The predicted octanol–water partition coefficient (Wildman–Crippen LogP) is 3.67. The highest BCUT2D eigenvalue weighted by atomic mass is 16.5. The Morgan fingerprint density at radius 2 is 1.79 bits per heavy atom. The van der Waals surface area contributed by atoms with E-state index in [2.05, 4.69) is 5.32 Å². The number of amides is 2. The highest BCUT2D eigenvalue weighted by molar-refractivity contribution is 5.87. The van der Waals surface area contributed by atoms with Crippen LogP contribution >= 0.6 is 0 Å². The van der Waals surface area contributed by atoms with E-state index < -0.39 is 6.04 Å². The van der Waals surface area contributed by atoms with Crippen molar-refractivity contribution in [3.05, 3.63) is 65.2 Å². The highest BCUT2D eigenvalue weighted by Gasteiger charge is 2.25. The maximum absolute atomic E-state index is 12.9. The lowest BCUT2D eigenvalue weighted by Crippen LogP contribution is -2.50. The van der Waals surface area contributed by atoms with Crippen LogP contribution in [0.25, 0.3) is 0 Å². The minimum absolute atomic E-state index is 0.0946. The second-order valence-electron chi connectivity index (χ2n) is 7.32. The average molecular weight is 397 g/mol. The van der Waals surface area contributed by atoms with Crippen molar-refractivity contribution in [2.45, 2.75) is 46.6 Å². The molecular formula is C24H32N2O3. The zero-order valence-corrected chi connectivity index (χ0v) is 17.9. The molecule has 0 aliphatic heterocycles. The van der Waals surface area contributed by atoms with E-state index in [0.29, 0.717) is 25.3 Å². The molecule has 0 spiro atoms. The van der Waals surface area contributed by atoms with Gasteiger partial charge in [0.15, 0.2) is 6.61 Å². The molecule has 156 valence electrons. The van der Waals surface area contributed by atoms with Crippen LogP contribution in [0.1, 0.15) is 37.0 Å². The summed E-state index contributed by atoms with van der Waals surface area (Å²) in [6, 6.07) is 15.2. The lowest BCUT2D eigenvalue weighted by molar-refractivity contribution is -0.141. The third-order valence-corrected chi connectivity index (χ3v) is 5.04. The highest BCUT2D eigenvalue weighted by Crippen LogP contribution is 2.17. The first-order chi connectivity index (χ1) is 13.9. The fourth-order valence-corrected chi connectivity index (χ4v) is 3.00. The summed E-state index contributed by atoms with van der Waals surface area (Å²) >= 11 is 0. The zero-order valence-electron chi connectivity index (χ0n) is 17.9. The maximum Gasteiger partial charge on any atom is 0.261 e. The fraction of sp³-hybridized carbons (Fsp3) is 0.417. The Morgan fingerprint density at radius 3 is 2.45 bits per heavy atom. The molecule has 0 aliphatic carbocycles. The standard InChI is InChI=1S/C24H32N2O3/c1-5-14-25-24(28)20(4)26(15-13-21-9-7-6-8-10-21)23(27)17-29-22-12-11-18(2)19(3)16-22/h6-12,16,20H,5,13-15,17H2,1-4H3,(H,25,28)/t20-/m1/s1. The minimum atomic E-state index is -0.555. The molecule has 1 N–H and O–H groups in total. The first-order valence-corrected chi connectivity index (χ1v) is 10.2. The number of aryl methyl sites for hydroxylation is 2. The Balaban J connectivity index is 2.05. The maximum atomic E-state index is 12.9. The van der Waals surface area contributed by atoms with E-state index in [1.165, 1.54) is 5.56 Å². The van der Waals surface area contributed by atoms with E-state index in [0.717, 1.165) is 17.5 Å². The number of ether oxygens (including phenoxy) is 1. The second kappa shape index (κ2) is 11.2. The summed E-state index contributed by atoms with van der Waals surface area (Å²) in [5, 5.41) is 2.88. The third kappa shape index (κ3) is 6.93. The number of benzene rings is 2. The Bertz CT molecular complexity index is 805. The molecule has 29 heavy (non-hydrogen) atoms. The largest absolute Gasteiger partial charge is 0.484 e. The van der Waals surface area contributed by atoms with Crippen molar-refractivity contribution in [2.75, 3.05) is 19.7 Å². The van der Waals surface area contributed by atoms with Crippen LogP contribution in [-0.4, -0.2) is 42.5 Å². The van der Waals surface area contributed by atoms with Crippen LogP contribution in [0, 0.1) is 13.8 Å². The van der Waals surface area contributed by atoms with Crippen molar-refractivity contribution in [3.63, 3.8) is 0 Å². The smallest absolute Gasteiger partial charge is 0.261 e.